The normalized spacial score (nSPS) is 20.3. The zero-order valence-corrected chi connectivity index (χ0v) is 14.4. The fraction of sp³-hybridized carbons (Fsp3) is 0.421. The van der Waals surface area contributed by atoms with Crippen molar-refractivity contribution in [1.82, 2.24) is 4.90 Å². The molecule has 3 rings (SSSR count). The van der Waals surface area contributed by atoms with Gasteiger partial charge >= 0.3 is 0 Å². The summed E-state index contributed by atoms with van der Waals surface area (Å²) < 4.78 is 0. The van der Waals surface area contributed by atoms with E-state index >= 15 is 0 Å². The average Bonchev–Trinajstić information content (AvgIpc) is 2.93. The van der Waals surface area contributed by atoms with E-state index < -0.39 is 0 Å². The van der Waals surface area contributed by atoms with Crippen molar-refractivity contribution >= 4 is 29.1 Å². The minimum absolute atomic E-state index is 0. The molecular weight excluding hydrogens is 308 g/mol. The molecule has 1 aliphatic carbocycles. The molecule has 0 bridgehead atoms. The van der Waals surface area contributed by atoms with Crippen molar-refractivity contribution in [3.8, 4) is 0 Å². The lowest BCUT2D eigenvalue weighted by atomic mass is 9.99. The Balaban J connectivity index is 0.00000192. The predicted molar refractivity (Wildman–Crippen MR) is 97.6 cm³/mol. The van der Waals surface area contributed by atoms with E-state index in [9.17, 15) is 4.79 Å². The molecule has 2 atom stereocenters. The van der Waals surface area contributed by atoms with Crippen LogP contribution in [0.15, 0.2) is 42.5 Å². The van der Waals surface area contributed by atoms with Crippen LogP contribution in [0.1, 0.15) is 31.2 Å². The minimum Gasteiger partial charge on any atom is -0.341 e. The van der Waals surface area contributed by atoms with E-state index in [-0.39, 0.29) is 24.4 Å². The number of carbonyl (C=O) groups is 1. The van der Waals surface area contributed by atoms with Crippen LogP contribution in [0.5, 0.6) is 0 Å². The lowest BCUT2D eigenvalue weighted by molar-refractivity contribution is -0.131. The molecule has 1 amide bonds. The van der Waals surface area contributed by atoms with E-state index in [1.54, 1.807) is 0 Å². The first-order valence-corrected chi connectivity index (χ1v) is 8.11. The van der Waals surface area contributed by atoms with Gasteiger partial charge in [-0.25, -0.2) is 0 Å². The quantitative estimate of drug-likeness (QED) is 0.927. The maximum absolute atomic E-state index is 12.5. The van der Waals surface area contributed by atoms with Crippen molar-refractivity contribution in [2.24, 2.45) is 11.7 Å². The molecule has 0 spiro atoms. The fourth-order valence-electron chi connectivity index (χ4n) is 3.47. The van der Waals surface area contributed by atoms with Gasteiger partial charge in [0.2, 0.25) is 5.91 Å². The molecule has 4 heteroatoms. The maximum Gasteiger partial charge on any atom is 0.222 e. The number of hydrogen-bond donors (Lipinski definition) is 1. The van der Waals surface area contributed by atoms with Crippen molar-refractivity contribution < 1.29 is 4.79 Å². The van der Waals surface area contributed by atoms with Crippen LogP contribution in [0.2, 0.25) is 0 Å². The summed E-state index contributed by atoms with van der Waals surface area (Å²) in [4.78, 5) is 14.3. The lowest BCUT2D eigenvalue weighted by Gasteiger charge is -2.22. The third-order valence-electron chi connectivity index (χ3n) is 4.87. The number of carbonyl (C=O) groups excluding carboxylic acids is 1. The fourth-order valence-corrected chi connectivity index (χ4v) is 3.47. The Labute approximate surface area is 144 Å². The summed E-state index contributed by atoms with van der Waals surface area (Å²) in [7, 11) is 1.89. The molecule has 0 radical (unpaired) electrons. The number of fused-ring (bicyclic) bond motifs is 1. The number of nitrogens with zero attached hydrogens (tertiary/aromatic N) is 1. The number of amides is 1. The van der Waals surface area contributed by atoms with Gasteiger partial charge in [0.1, 0.15) is 0 Å². The van der Waals surface area contributed by atoms with Crippen LogP contribution >= 0.6 is 12.4 Å². The molecule has 2 N–H and O–H groups in total. The SMILES string of the molecule is CN(Cc1cccc2ccccc12)C(=O)C[C@@H]1CCC[C@H]1N.Cl. The molecule has 0 aliphatic heterocycles. The van der Waals surface area contributed by atoms with Gasteiger partial charge in [0.15, 0.2) is 0 Å². The number of rotatable bonds is 4. The number of nitrogens with two attached hydrogens (primary N) is 1. The Morgan fingerprint density at radius 2 is 1.91 bits per heavy atom. The highest BCUT2D eigenvalue weighted by molar-refractivity contribution is 5.86. The highest BCUT2D eigenvalue weighted by atomic mass is 35.5. The van der Waals surface area contributed by atoms with E-state index in [0.717, 1.165) is 19.3 Å². The molecule has 1 fully saturated rings. The number of benzene rings is 2. The molecule has 23 heavy (non-hydrogen) atoms. The van der Waals surface area contributed by atoms with Gasteiger partial charge in [-0.1, -0.05) is 48.9 Å². The predicted octanol–water partition coefficient (Wildman–Crippen LogP) is 3.74. The van der Waals surface area contributed by atoms with Gasteiger partial charge in [0.05, 0.1) is 0 Å². The van der Waals surface area contributed by atoms with Crippen molar-refractivity contribution in [2.75, 3.05) is 7.05 Å². The molecule has 0 heterocycles. The van der Waals surface area contributed by atoms with Crippen LogP contribution in [0.4, 0.5) is 0 Å². The zero-order chi connectivity index (χ0) is 15.5. The summed E-state index contributed by atoms with van der Waals surface area (Å²) in [5.41, 5.74) is 7.28. The van der Waals surface area contributed by atoms with Gasteiger partial charge in [0.25, 0.3) is 0 Å². The smallest absolute Gasteiger partial charge is 0.222 e. The Bertz CT molecular complexity index is 668. The third-order valence-corrected chi connectivity index (χ3v) is 4.87. The van der Waals surface area contributed by atoms with E-state index in [0.29, 0.717) is 18.9 Å². The Kier molecular flexibility index (Phi) is 6.03. The van der Waals surface area contributed by atoms with Gasteiger partial charge in [-0.05, 0) is 35.1 Å². The van der Waals surface area contributed by atoms with Crippen molar-refractivity contribution in [2.45, 2.75) is 38.3 Å². The van der Waals surface area contributed by atoms with Crippen LogP contribution < -0.4 is 5.73 Å². The molecule has 3 nitrogen and oxygen atoms in total. The van der Waals surface area contributed by atoms with Crippen molar-refractivity contribution in [3.05, 3.63) is 48.0 Å². The molecule has 2 aromatic rings. The van der Waals surface area contributed by atoms with E-state index in [1.165, 1.54) is 16.3 Å². The monoisotopic (exact) mass is 332 g/mol. The Hall–Kier alpha value is -1.58. The van der Waals surface area contributed by atoms with Gasteiger partial charge in [-0.3, -0.25) is 4.79 Å². The highest BCUT2D eigenvalue weighted by Crippen LogP contribution is 2.27. The molecule has 0 unspecified atom stereocenters. The number of hydrogen-bond acceptors (Lipinski definition) is 2. The molecule has 1 aliphatic rings. The van der Waals surface area contributed by atoms with Crippen LogP contribution in [0.3, 0.4) is 0 Å². The first kappa shape index (κ1) is 17.8. The van der Waals surface area contributed by atoms with E-state index in [2.05, 4.69) is 30.3 Å². The van der Waals surface area contributed by atoms with Gasteiger partial charge in [-0.2, -0.15) is 0 Å². The molecule has 124 valence electrons. The molecule has 0 aromatic heterocycles. The first-order chi connectivity index (χ1) is 10.6. The summed E-state index contributed by atoms with van der Waals surface area (Å²) in [5.74, 6) is 0.567. The standard InChI is InChI=1S/C19H24N2O.ClH/c1-21(19(22)12-15-8-5-11-18(15)20)13-16-9-4-7-14-6-2-3-10-17(14)16;/h2-4,6-7,9-10,15,18H,5,8,11-13,20H2,1H3;1H/t15-,18+;/m0./s1. The molecule has 0 saturated heterocycles. The summed E-state index contributed by atoms with van der Waals surface area (Å²) >= 11 is 0. The third kappa shape index (κ3) is 4.04. The van der Waals surface area contributed by atoms with Crippen molar-refractivity contribution in [1.29, 1.82) is 0 Å². The second-order valence-electron chi connectivity index (χ2n) is 6.45. The van der Waals surface area contributed by atoms with Crippen LogP contribution in [-0.2, 0) is 11.3 Å². The van der Waals surface area contributed by atoms with Crippen LogP contribution in [-0.4, -0.2) is 23.9 Å². The molecular formula is C19H25ClN2O. The summed E-state index contributed by atoms with van der Waals surface area (Å²) in [6.45, 7) is 0.655. The largest absolute Gasteiger partial charge is 0.341 e. The first-order valence-electron chi connectivity index (χ1n) is 8.11. The second kappa shape index (κ2) is 7.80. The van der Waals surface area contributed by atoms with Gasteiger partial charge in [-0.15, -0.1) is 12.4 Å². The summed E-state index contributed by atoms with van der Waals surface area (Å²) in [6.07, 6.45) is 3.90. The summed E-state index contributed by atoms with van der Waals surface area (Å²) in [5, 5.41) is 2.45. The number of halogens is 1. The highest BCUT2D eigenvalue weighted by Gasteiger charge is 2.27. The van der Waals surface area contributed by atoms with E-state index in [1.807, 2.05) is 24.1 Å². The Morgan fingerprint density at radius 1 is 1.17 bits per heavy atom. The minimum atomic E-state index is 0. The van der Waals surface area contributed by atoms with Crippen LogP contribution in [0, 0.1) is 5.92 Å². The molecule has 1 saturated carbocycles. The summed E-state index contributed by atoms with van der Waals surface area (Å²) in [6, 6.07) is 14.8. The second-order valence-corrected chi connectivity index (χ2v) is 6.45. The average molecular weight is 333 g/mol. The van der Waals surface area contributed by atoms with Gasteiger partial charge in [0, 0.05) is 26.1 Å². The van der Waals surface area contributed by atoms with Crippen molar-refractivity contribution in [3.63, 3.8) is 0 Å². The van der Waals surface area contributed by atoms with E-state index in [4.69, 9.17) is 5.73 Å². The topological polar surface area (TPSA) is 46.3 Å². The Morgan fingerprint density at radius 3 is 2.65 bits per heavy atom. The maximum atomic E-state index is 12.5. The van der Waals surface area contributed by atoms with Crippen LogP contribution in [0.25, 0.3) is 10.8 Å². The zero-order valence-electron chi connectivity index (χ0n) is 13.6. The van der Waals surface area contributed by atoms with Gasteiger partial charge < -0.3 is 10.6 Å². The lowest BCUT2D eigenvalue weighted by Crippen LogP contribution is -2.32. The molecule has 2 aromatic carbocycles.